The van der Waals surface area contributed by atoms with Crippen LogP contribution in [0.2, 0.25) is 0 Å². The Labute approximate surface area is 119 Å². The third-order valence-electron chi connectivity index (χ3n) is 2.76. The van der Waals surface area contributed by atoms with E-state index in [0.29, 0.717) is 11.1 Å². The van der Waals surface area contributed by atoms with E-state index in [1.807, 2.05) is 6.07 Å². The molecule has 0 bridgehead atoms. The predicted octanol–water partition coefficient (Wildman–Crippen LogP) is 2.08. The zero-order valence-corrected chi connectivity index (χ0v) is 12.0. The van der Waals surface area contributed by atoms with Gasteiger partial charge < -0.3 is 9.88 Å². The van der Waals surface area contributed by atoms with Gasteiger partial charge in [0.25, 0.3) is 11.5 Å². The van der Waals surface area contributed by atoms with Gasteiger partial charge in [0.2, 0.25) is 0 Å². The Morgan fingerprint density at radius 3 is 2.74 bits per heavy atom. The topological polar surface area (TPSA) is 51.1 Å². The fraction of sp³-hybridized carbons (Fsp3) is 0.143. The van der Waals surface area contributed by atoms with E-state index in [2.05, 4.69) is 21.2 Å². The average Bonchev–Trinajstić information content (AvgIpc) is 2.40. The molecule has 0 radical (unpaired) electrons. The van der Waals surface area contributed by atoms with Gasteiger partial charge >= 0.3 is 0 Å². The van der Waals surface area contributed by atoms with Gasteiger partial charge in [0.1, 0.15) is 0 Å². The first kappa shape index (κ1) is 13.5. The largest absolute Gasteiger partial charge is 0.348 e. The van der Waals surface area contributed by atoms with Crippen LogP contribution < -0.4 is 10.9 Å². The number of nitrogens with one attached hydrogen (secondary N) is 1. The molecule has 0 aliphatic rings. The molecular formula is C14H13BrN2O2. The van der Waals surface area contributed by atoms with Crippen LogP contribution in [0.15, 0.2) is 51.9 Å². The van der Waals surface area contributed by atoms with Gasteiger partial charge in [-0.1, -0.05) is 18.2 Å². The molecule has 0 atom stereocenters. The summed E-state index contributed by atoms with van der Waals surface area (Å²) in [6.07, 6.45) is 1.68. The molecule has 0 saturated heterocycles. The summed E-state index contributed by atoms with van der Waals surface area (Å²) in [5, 5.41) is 2.74. The van der Waals surface area contributed by atoms with E-state index >= 15 is 0 Å². The van der Waals surface area contributed by atoms with E-state index in [1.165, 1.54) is 4.57 Å². The molecule has 19 heavy (non-hydrogen) atoms. The van der Waals surface area contributed by atoms with Crippen molar-refractivity contribution in [1.82, 2.24) is 9.88 Å². The molecule has 0 aliphatic carbocycles. The number of pyridine rings is 1. The molecule has 1 N–H and O–H groups in total. The van der Waals surface area contributed by atoms with Crippen molar-refractivity contribution in [3.8, 4) is 0 Å². The molecule has 0 spiro atoms. The standard InChI is InChI=1S/C14H13BrN2O2/c1-17-8-4-5-10(14(17)19)9-16-13(18)11-6-2-3-7-12(11)15/h2-8H,9H2,1H3,(H,16,18). The molecule has 0 unspecified atom stereocenters. The number of aryl methyl sites for hydroxylation is 1. The lowest BCUT2D eigenvalue weighted by atomic mass is 10.2. The number of hydrogen-bond donors (Lipinski definition) is 1. The maximum Gasteiger partial charge on any atom is 0.255 e. The van der Waals surface area contributed by atoms with Crippen molar-refractivity contribution in [3.63, 3.8) is 0 Å². The number of rotatable bonds is 3. The fourth-order valence-electron chi connectivity index (χ4n) is 1.70. The Balaban J connectivity index is 2.11. The van der Waals surface area contributed by atoms with Gasteiger partial charge in [-0.2, -0.15) is 0 Å². The molecule has 0 fully saturated rings. The highest BCUT2D eigenvalue weighted by molar-refractivity contribution is 9.10. The second-order valence-corrected chi connectivity index (χ2v) is 4.97. The van der Waals surface area contributed by atoms with Crippen LogP contribution in [0.1, 0.15) is 15.9 Å². The molecule has 98 valence electrons. The summed E-state index contributed by atoms with van der Waals surface area (Å²) in [4.78, 5) is 23.8. The van der Waals surface area contributed by atoms with Crippen molar-refractivity contribution < 1.29 is 4.79 Å². The number of amides is 1. The van der Waals surface area contributed by atoms with Crippen molar-refractivity contribution in [3.05, 3.63) is 68.5 Å². The van der Waals surface area contributed by atoms with Crippen molar-refractivity contribution >= 4 is 21.8 Å². The summed E-state index contributed by atoms with van der Waals surface area (Å²) in [7, 11) is 1.68. The van der Waals surface area contributed by atoms with Crippen molar-refractivity contribution in [2.24, 2.45) is 7.05 Å². The summed E-state index contributed by atoms with van der Waals surface area (Å²) < 4.78 is 2.22. The first-order valence-electron chi connectivity index (χ1n) is 5.77. The van der Waals surface area contributed by atoms with E-state index in [0.717, 1.165) is 4.47 Å². The number of halogens is 1. The minimum atomic E-state index is -0.210. The zero-order chi connectivity index (χ0) is 13.8. The summed E-state index contributed by atoms with van der Waals surface area (Å²) >= 11 is 3.32. The van der Waals surface area contributed by atoms with Crippen LogP contribution in [-0.4, -0.2) is 10.5 Å². The predicted molar refractivity (Wildman–Crippen MR) is 77.0 cm³/mol. The number of benzene rings is 1. The Kier molecular flexibility index (Phi) is 4.16. The van der Waals surface area contributed by atoms with Crippen LogP contribution in [0.25, 0.3) is 0 Å². The number of aromatic nitrogens is 1. The van der Waals surface area contributed by atoms with E-state index in [-0.39, 0.29) is 18.0 Å². The van der Waals surface area contributed by atoms with Crippen LogP contribution >= 0.6 is 15.9 Å². The maximum atomic E-state index is 12.0. The molecule has 5 heteroatoms. The average molecular weight is 321 g/mol. The summed E-state index contributed by atoms with van der Waals surface area (Å²) in [6.45, 7) is 0.216. The van der Waals surface area contributed by atoms with Crippen molar-refractivity contribution in [1.29, 1.82) is 0 Å². The van der Waals surface area contributed by atoms with E-state index in [1.54, 1.807) is 43.6 Å². The van der Waals surface area contributed by atoms with Crippen molar-refractivity contribution in [2.75, 3.05) is 0 Å². The van der Waals surface area contributed by atoms with Crippen LogP contribution in [0, 0.1) is 0 Å². The molecule has 4 nitrogen and oxygen atoms in total. The Morgan fingerprint density at radius 2 is 2.00 bits per heavy atom. The third-order valence-corrected chi connectivity index (χ3v) is 3.45. The third kappa shape index (κ3) is 3.12. The van der Waals surface area contributed by atoms with Gasteiger partial charge in [-0.25, -0.2) is 0 Å². The highest BCUT2D eigenvalue weighted by Gasteiger charge is 2.09. The Morgan fingerprint density at radius 1 is 1.26 bits per heavy atom. The van der Waals surface area contributed by atoms with Crippen LogP contribution in [0.3, 0.4) is 0 Å². The second kappa shape index (κ2) is 5.84. The number of carbonyl (C=O) groups excluding carboxylic acids is 1. The summed E-state index contributed by atoms with van der Waals surface area (Å²) in [5.74, 6) is -0.210. The Hall–Kier alpha value is -1.88. The molecule has 2 rings (SSSR count). The molecule has 1 aromatic carbocycles. The molecule has 0 aliphatic heterocycles. The highest BCUT2D eigenvalue weighted by atomic mass is 79.9. The number of nitrogens with zero attached hydrogens (tertiary/aromatic N) is 1. The van der Waals surface area contributed by atoms with E-state index in [4.69, 9.17) is 0 Å². The van der Waals surface area contributed by atoms with Gasteiger partial charge in [-0.3, -0.25) is 9.59 Å². The van der Waals surface area contributed by atoms with Crippen LogP contribution in [-0.2, 0) is 13.6 Å². The van der Waals surface area contributed by atoms with Gasteiger partial charge in [0.05, 0.1) is 5.56 Å². The minimum Gasteiger partial charge on any atom is -0.348 e. The SMILES string of the molecule is Cn1cccc(CNC(=O)c2ccccc2Br)c1=O. The smallest absolute Gasteiger partial charge is 0.255 e. The first-order chi connectivity index (χ1) is 9.09. The van der Waals surface area contributed by atoms with Crippen LogP contribution in [0.4, 0.5) is 0 Å². The molecule has 1 heterocycles. The van der Waals surface area contributed by atoms with Gasteiger partial charge in [-0.15, -0.1) is 0 Å². The minimum absolute atomic E-state index is 0.102. The summed E-state index contributed by atoms with van der Waals surface area (Å²) in [5.41, 5.74) is 1.01. The van der Waals surface area contributed by atoms with Crippen molar-refractivity contribution in [2.45, 2.75) is 6.54 Å². The lowest BCUT2D eigenvalue weighted by Crippen LogP contribution is -2.28. The molecule has 1 amide bonds. The monoisotopic (exact) mass is 320 g/mol. The van der Waals surface area contributed by atoms with Gasteiger partial charge in [0.15, 0.2) is 0 Å². The molecule has 0 saturated carbocycles. The van der Waals surface area contributed by atoms with Gasteiger partial charge in [0, 0.05) is 29.8 Å². The maximum absolute atomic E-state index is 12.0. The second-order valence-electron chi connectivity index (χ2n) is 4.11. The van der Waals surface area contributed by atoms with E-state index < -0.39 is 0 Å². The zero-order valence-electron chi connectivity index (χ0n) is 10.4. The Bertz CT molecular complexity index is 664. The molecular weight excluding hydrogens is 308 g/mol. The summed E-state index contributed by atoms with van der Waals surface area (Å²) in [6, 6.07) is 10.7. The number of carbonyl (C=O) groups is 1. The normalized spacial score (nSPS) is 10.2. The quantitative estimate of drug-likeness (QED) is 0.941. The first-order valence-corrected chi connectivity index (χ1v) is 6.56. The fourth-order valence-corrected chi connectivity index (χ4v) is 2.17. The van der Waals surface area contributed by atoms with Gasteiger partial charge in [-0.05, 0) is 34.1 Å². The lowest BCUT2D eigenvalue weighted by molar-refractivity contribution is 0.0950. The highest BCUT2D eigenvalue weighted by Crippen LogP contribution is 2.15. The molecule has 2 aromatic rings. The lowest BCUT2D eigenvalue weighted by Gasteiger charge is -2.07. The molecule has 1 aromatic heterocycles. The van der Waals surface area contributed by atoms with E-state index in [9.17, 15) is 9.59 Å². The van der Waals surface area contributed by atoms with Crippen LogP contribution in [0.5, 0.6) is 0 Å². The number of hydrogen-bond acceptors (Lipinski definition) is 2.